The van der Waals surface area contributed by atoms with E-state index in [0.29, 0.717) is 12.4 Å². The van der Waals surface area contributed by atoms with Crippen LogP contribution in [0.3, 0.4) is 0 Å². The maximum atomic E-state index is 12.1. The SMILES string of the molecule is Cc1csc(C(=O)NCc2nccc(N3CCCCC3)n2)c1. The Kier molecular flexibility index (Phi) is 4.68. The Morgan fingerprint density at radius 3 is 2.91 bits per heavy atom. The molecule has 22 heavy (non-hydrogen) atoms. The Bertz CT molecular complexity index is 649. The highest BCUT2D eigenvalue weighted by Gasteiger charge is 2.13. The lowest BCUT2D eigenvalue weighted by molar-refractivity contribution is 0.0954. The van der Waals surface area contributed by atoms with Gasteiger partial charge in [-0.25, -0.2) is 9.97 Å². The molecule has 1 N–H and O–H groups in total. The van der Waals surface area contributed by atoms with E-state index >= 15 is 0 Å². The summed E-state index contributed by atoms with van der Waals surface area (Å²) in [6, 6.07) is 3.84. The zero-order chi connectivity index (χ0) is 15.4. The van der Waals surface area contributed by atoms with Gasteiger partial charge in [-0.05, 0) is 49.3 Å². The predicted octanol–water partition coefficient (Wildman–Crippen LogP) is 2.77. The van der Waals surface area contributed by atoms with E-state index in [1.807, 2.05) is 24.4 Å². The van der Waals surface area contributed by atoms with Crippen LogP contribution in [0.1, 0.15) is 40.3 Å². The number of carbonyl (C=O) groups excluding carboxylic acids is 1. The van der Waals surface area contributed by atoms with Gasteiger partial charge in [-0.1, -0.05) is 0 Å². The number of amides is 1. The summed E-state index contributed by atoms with van der Waals surface area (Å²) in [6.45, 7) is 4.45. The maximum Gasteiger partial charge on any atom is 0.261 e. The highest BCUT2D eigenvalue weighted by molar-refractivity contribution is 7.12. The maximum absolute atomic E-state index is 12.1. The van der Waals surface area contributed by atoms with Crippen LogP contribution in [0.15, 0.2) is 23.7 Å². The number of thiophene rings is 1. The molecular weight excluding hydrogens is 296 g/mol. The molecule has 116 valence electrons. The molecule has 0 radical (unpaired) electrons. The highest BCUT2D eigenvalue weighted by atomic mass is 32.1. The number of hydrogen-bond donors (Lipinski definition) is 1. The smallest absolute Gasteiger partial charge is 0.261 e. The van der Waals surface area contributed by atoms with Crippen molar-refractivity contribution in [1.29, 1.82) is 0 Å². The number of rotatable bonds is 4. The average Bonchev–Trinajstić information content (AvgIpc) is 3.00. The van der Waals surface area contributed by atoms with Gasteiger partial charge in [0, 0.05) is 19.3 Å². The fraction of sp³-hybridized carbons (Fsp3) is 0.438. The summed E-state index contributed by atoms with van der Waals surface area (Å²) in [5.74, 6) is 1.56. The minimum atomic E-state index is -0.0647. The van der Waals surface area contributed by atoms with Gasteiger partial charge >= 0.3 is 0 Å². The monoisotopic (exact) mass is 316 g/mol. The molecule has 1 amide bonds. The first kappa shape index (κ1) is 15.0. The normalized spacial score (nSPS) is 14.9. The lowest BCUT2D eigenvalue weighted by atomic mass is 10.1. The number of aromatic nitrogens is 2. The third-order valence-electron chi connectivity index (χ3n) is 3.73. The van der Waals surface area contributed by atoms with Crippen LogP contribution in [0, 0.1) is 6.92 Å². The lowest BCUT2D eigenvalue weighted by Gasteiger charge is -2.27. The van der Waals surface area contributed by atoms with E-state index in [1.54, 1.807) is 6.20 Å². The van der Waals surface area contributed by atoms with Crippen molar-refractivity contribution in [3.63, 3.8) is 0 Å². The first-order valence-corrected chi connectivity index (χ1v) is 8.50. The van der Waals surface area contributed by atoms with E-state index in [1.165, 1.54) is 30.6 Å². The third kappa shape index (κ3) is 3.62. The molecule has 0 spiro atoms. The molecule has 0 unspecified atom stereocenters. The van der Waals surface area contributed by atoms with Crippen molar-refractivity contribution in [2.45, 2.75) is 32.7 Å². The fourth-order valence-electron chi connectivity index (χ4n) is 2.57. The quantitative estimate of drug-likeness (QED) is 0.942. The van der Waals surface area contributed by atoms with Crippen molar-refractivity contribution in [3.8, 4) is 0 Å². The molecule has 3 heterocycles. The van der Waals surface area contributed by atoms with Gasteiger partial charge in [0.2, 0.25) is 0 Å². The van der Waals surface area contributed by atoms with Crippen molar-refractivity contribution >= 4 is 23.1 Å². The van der Waals surface area contributed by atoms with E-state index < -0.39 is 0 Å². The van der Waals surface area contributed by atoms with Crippen molar-refractivity contribution in [2.24, 2.45) is 0 Å². The molecule has 2 aromatic rings. The summed E-state index contributed by atoms with van der Waals surface area (Å²) < 4.78 is 0. The number of piperidine rings is 1. The van der Waals surface area contributed by atoms with Gasteiger partial charge in [0.1, 0.15) is 11.6 Å². The van der Waals surface area contributed by atoms with E-state index in [4.69, 9.17) is 0 Å². The van der Waals surface area contributed by atoms with Crippen molar-refractivity contribution < 1.29 is 4.79 Å². The molecule has 3 rings (SSSR count). The van der Waals surface area contributed by atoms with Crippen LogP contribution >= 0.6 is 11.3 Å². The largest absolute Gasteiger partial charge is 0.357 e. The van der Waals surface area contributed by atoms with Crippen molar-refractivity contribution in [2.75, 3.05) is 18.0 Å². The van der Waals surface area contributed by atoms with E-state index in [-0.39, 0.29) is 5.91 Å². The minimum Gasteiger partial charge on any atom is -0.357 e. The molecule has 5 nitrogen and oxygen atoms in total. The molecular formula is C16H20N4OS. The van der Waals surface area contributed by atoms with Gasteiger partial charge in [-0.15, -0.1) is 11.3 Å². The van der Waals surface area contributed by atoms with Gasteiger partial charge < -0.3 is 10.2 Å². The minimum absolute atomic E-state index is 0.0647. The molecule has 0 bridgehead atoms. The molecule has 2 aromatic heterocycles. The van der Waals surface area contributed by atoms with Crippen molar-refractivity contribution in [1.82, 2.24) is 15.3 Å². The topological polar surface area (TPSA) is 58.1 Å². The third-order valence-corrected chi connectivity index (χ3v) is 4.78. The summed E-state index contributed by atoms with van der Waals surface area (Å²) >= 11 is 1.46. The molecule has 0 atom stereocenters. The molecule has 0 aromatic carbocycles. The standard InChI is InChI=1S/C16H20N4OS/c1-12-9-13(22-11-12)16(21)18-10-14-17-6-5-15(19-14)20-7-3-2-4-8-20/h5-6,9,11H,2-4,7-8,10H2,1H3,(H,18,21). The van der Waals surface area contributed by atoms with Gasteiger partial charge in [0.25, 0.3) is 5.91 Å². The van der Waals surface area contributed by atoms with Crippen molar-refractivity contribution in [3.05, 3.63) is 40.0 Å². The number of anilines is 1. The van der Waals surface area contributed by atoms with E-state index in [2.05, 4.69) is 20.2 Å². The fourth-order valence-corrected chi connectivity index (χ4v) is 3.38. The van der Waals surface area contributed by atoms with Crippen LogP contribution < -0.4 is 10.2 Å². The van der Waals surface area contributed by atoms with Gasteiger partial charge in [-0.3, -0.25) is 4.79 Å². The van der Waals surface area contributed by atoms with Crippen LogP contribution in [0.2, 0.25) is 0 Å². The second kappa shape index (κ2) is 6.87. The number of nitrogens with one attached hydrogen (secondary N) is 1. The Balaban J connectivity index is 1.61. The van der Waals surface area contributed by atoms with Crippen LogP contribution in [0.4, 0.5) is 5.82 Å². The van der Waals surface area contributed by atoms with Gasteiger partial charge in [0.15, 0.2) is 0 Å². The predicted molar refractivity (Wildman–Crippen MR) is 88.3 cm³/mol. The summed E-state index contributed by atoms with van der Waals surface area (Å²) in [6.07, 6.45) is 5.50. The van der Waals surface area contributed by atoms with Crippen LogP contribution in [-0.4, -0.2) is 29.0 Å². The second-order valence-corrected chi connectivity index (χ2v) is 6.46. The highest BCUT2D eigenvalue weighted by Crippen LogP contribution is 2.17. The molecule has 1 aliphatic rings. The number of aryl methyl sites for hydroxylation is 1. The number of hydrogen-bond acceptors (Lipinski definition) is 5. The molecule has 6 heteroatoms. The van der Waals surface area contributed by atoms with Crippen LogP contribution in [0.5, 0.6) is 0 Å². The zero-order valence-corrected chi connectivity index (χ0v) is 13.5. The van der Waals surface area contributed by atoms with Gasteiger partial charge in [0.05, 0.1) is 11.4 Å². The summed E-state index contributed by atoms with van der Waals surface area (Å²) in [4.78, 5) is 23.9. The average molecular weight is 316 g/mol. The molecule has 1 fully saturated rings. The molecule has 0 saturated carbocycles. The molecule has 1 saturated heterocycles. The Hall–Kier alpha value is -1.95. The zero-order valence-electron chi connectivity index (χ0n) is 12.7. The summed E-state index contributed by atoms with van der Waals surface area (Å²) in [5, 5.41) is 4.86. The number of carbonyl (C=O) groups is 1. The van der Waals surface area contributed by atoms with Crippen LogP contribution in [-0.2, 0) is 6.54 Å². The summed E-state index contributed by atoms with van der Waals surface area (Å²) in [5.41, 5.74) is 1.11. The van der Waals surface area contributed by atoms with Crippen LogP contribution in [0.25, 0.3) is 0 Å². The lowest BCUT2D eigenvalue weighted by Crippen LogP contribution is -2.31. The molecule has 0 aliphatic carbocycles. The first-order chi connectivity index (χ1) is 10.7. The summed E-state index contributed by atoms with van der Waals surface area (Å²) in [7, 11) is 0. The second-order valence-electron chi connectivity index (χ2n) is 5.55. The Morgan fingerprint density at radius 2 is 2.18 bits per heavy atom. The number of nitrogens with zero attached hydrogens (tertiary/aromatic N) is 3. The Morgan fingerprint density at radius 1 is 1.36 bits per heavy atom. The van der Waals surface area contributed by atoms with E-state index in [9.17, 15) is 4.79 Å². The van der Waals surface area contributed by atoms with E-state index in [0.717, 1.165) is 29.3 Å². The molecule has 1 aliphatic heterocycles. The van der Waals surface area contributed by atoms with Gasteiger partial charge in [-0.2, -0.15) is 0 Å². The first-order valence-electron chi connectivity index (χ1n) is 7.62. The Labute approximate surface area is 134 Å².